The molecule has 0 aliphatic carbocycles. The lowest BCUT2D eigenvalue weighted by Gasteiger charge is -2.09. The molecule has 2 atom stereocenters. The molecule has 0 saturated carbocycles. The monoisotopic (exact) mass is 129 g/mol. The minimum atomic E-state index is -0.0955. The summed E-state index contributed by atoms with van der Waals surface area (Å²) in [6.07, 6.45) is 0.556. The molecule has 3 nitrogen and oxygen atoms in total. The van der Waals surface area contributed by atoms with Gasteiger partial charge < -0.3 is 10.1 Å². The molecule has 1 aliphatic rings. The minimum absolute atomic E-state index is 0.0440. The van der Waals surface area contributed by atoms with Gasteiger partial charge in [0, 0.05) is 0 Å². The fraction of sp³-hybridized carbons (Fsp3) is 0.833. The lowest BCUT2D eigenvalue weighted by molar-refractivity contribution is -0.140. The maximum atomic E-state index is 10.6. The van der Waals surface area contributed by atoms with Crippen LogP contribution in [0.3, 0.4) is 0 Å². The average Bonchev–Trinajstić information content (AvgIpc) is 2.10. The summed E-state index contributed by atoms with van der Waals surface area (Å²) in [4.78, 5) is 10.6. The van der Waals surface area contributed by atoms with Gasteiger partial charge in [0.05, 0.1) is 12.5 Å². The summed E-state index contributed by atoms with van der Waals surface area (Å²) < 4.78 is 4.86. The minimum Gasteiger partial charge on any atom is -0.461 e. The zero-order valence-electron chi connectivity index (χ0n) is 5.68. The second-order valence-electron chi connectivity index (χ2n) is 2.29. The number of nitrogens with one attached hydrogen (secondary N) is 1. The number of hydrogen-bond acceptors (Lipinski definition) is 3. The van der Waals surface area contributed by atoms with Gasteiger partial charge in [-0.3, -0.25) is 4.79 Å². The summed E-state index contributed by atoms with van der Waals surface area (Å²) in [6.45, 7) is 1.89. The van der Waals surface area contributed by atoms with Crippen molar-refractivity contribution in [3.63, 3.8) is 0 Å². The molecular weight excluding hydrogens is 118 g/mol. The maximum Gasteiger partial charge on any atom is 0.307 e. The second-order valence-corrected chi connectivity index (χ2v) is 2.29. The Morgan fingerprint density at radius 2 is 2.44 bits per heavy atom. The Morgan fingerprint density at radius 3 is 2.67 bits per heavy atom. The molecule has 0 amide bonds. The van der Waals surface area contributed by atoms with E-state index < -0.39 is 0 Å². The molecule has 1 aliphatic heterocycles. The van der Waals surface area contributed by atoms with Crippen LogP contribution in [0, 0.1) is 0 Å². The molecule has 0 radical (unpaired) electrons. The van der Waals surface area contributed by atoms with Crippen LogP contribution in [-0.2, 0) is 9.53 Å². The summed E-state index contributed by atoms with van der Waals surface area (Å²) in [5.41, 5.74) is 0. The SMILES string of the molecule is CN[C@H]1CC(=O)OC1C. The highest BCUT2D eigenvalue weighted by Gasteiger charge is 2.29. The molecule has 0 bridgehead atoms. The van der Waals surface area contributed by atoms with Crippen molar-refractivity contribution in [3.8, 4) is 0 Å². The Bertz CT molecular complexity index is 124. The third-order valence-electron chi connectivity index (χ3n) is 1.64. The van der Waals surface area contributed by atoms with Gasteiger partial charge in [-0.15, -0.1) is 0 Å². The van der Waals surface area contributed by atoms with Crippen molar-refractivity contribution in [1.82, 2.24) is 5.32 Å². The van der Waals surface area contributed by atoms with Crippen LogP contribution in [0.2, 0.25) is 0 Å². The number of rotatable bonds is 1. The zero-order chi connectivity index (χ0) is 6.85. The number of hydrogen-bond donors (Lipinski definition) is 1. The lowest BCUT2D eigenvalue weighted by Crippen LogP contribution is -2.31. The molecule has 1 saturated heterocycles. The van der Waals surface area contributed by atoms with E-state index in [0.717, 1.165) is 0 Å². The molecule has 9 heavy (non-hydrogen) atoms. The number of esters is 1. The van der Waals surface area contributed by atoms with Crippen LogP contribution in [-0.4, -0.2) is 25.2 Å². The normalized spacial score (nSPS) is 34.7. The van der Waals surface area contributed by atoms with Crippen LogP contribution < -0.4 is 5.32 Å². The zero-order valence-corrected chi connectivity index (χ0v) is 5.68. The summed E-state index contributed by atoms with van der Waals surface area (Å²) in [7, 11) is 1.84. The number of ether oxygens (including phenoxy) is 1. The summed E-state index contributed by atoms with van der Waals surface area (Å²) in [5.74, 6) is -0.0955. The number of carbonyl (C=O) groups excluding carboxylic acids is 1. The van der Waals surface area contributed by atoms with Crippen molar-refractivity contribution in [1.29, 1.82) is 0 Å². The van der Waals surface area contributed by atoms with Gasteiger partial charge >= 0.3 is 5.97 Å². The molecule has 3 heteroatoms. The highest BCUT2D eigenvalue weighted by Crippen LogP contribution is 2.12. The van der Waals surface area contributed by atoms with Crippen LogP contribution >= 0.6 is 0 Å². The van der Waals surface area contributed by atoms with Gasteiger partial charge in [0.1, 0.15) is 6.10 Å². The van der Waals surface area contributed by atoms with E-state index in [-0.39, 0.29) is 18.1 Å². The first-order valence-electron chi connectivity index (χ1n) is 3.11. The molecule has 1 rings (SSSR count). The molecule has 0 aromatic rings. The van der Waals surface area contributed by atoms with Crippen LogP contribution in [0.4, 0.5) is 0 Å². The Kier molecular flexibility index (Phi) is 1.71. The molecule has 1 fully saturated rings. The third-order valence-corrected chi connectivity index (χ3v) is 1.64. The maximum absolute atomic E-state index is 10.6. The molecule has 0 spiro atoms. The molecule has 1 unspecified atom stereocenters. The average molecular weight is 129 g/mol. The summed E-state index contributed by atoms with van der Waals surface area (Å²) in [6, 6.07) is 0.220. The van der Waals surface area contributed by atoms with Crippen molar-refractivity contribution in [2.24, 2.45) is 0 Å². The Balaban J connectivity index is 2.47. The van der Waals surface area contributed by atoms with Gasteiger partial charge in [0.15, 0.2) is 0 Å². The van der Waals surface area contributed by atoms with Crippen molar-refractivity contribution in [2.45, 2.75) is 25.5 Å². The van der Waals surface area contributed by atoms with E-state index in [1.807, 2.05) is 14.0 Å². The number of cyclic esters (lactones) is 1. The van der Waals surface area contributed by atoms with Crippen molar-refractivity contribution >= 4 is 5.97 Å². The van der Waals surface area contributed by atoms with Crippen LogP contribution in [0.5, 0.6) is 0 Å². The number of carbonyl (C=O) groups is 1. The standard InChI is InChI=1S/C6H11NO2/c1-4-5(7-2)3-6(8)9-4/h4-5,7H,3H2,1-2H3/t4?,5-/m0/s1. The van der Waals surface area contributed by atoms with E-state index in [1.165, 1.54) is 0 Å². The third kappa shape index (κ3) is 1.21. The smallest absolute Gasteiger partial charge is 0.307 e. The quantitative estimate of drug-likeness (QED) is 0.503. The molecular formula is C6H11NO2. The van der Waals surface area contributed by atoms with Gasteiger partial charge in [-0.2, -0.15) is 0 Å². The predicted octanol–water partition coefficient (Wildman–Crippen LogP) is -0.0902. The van der Waals surface area contributed by atoms with Crippen LogP contribution in [0.25, 0.3) is 0 Å². The van der Waals surface area contributed by atoms with E-state index in [0.29, 0.717) is 6.42 Å². The fourth-order valence-corrected chi connectivity index (χ4v) is 1.02. The van der Waals surface area contributed by atoms with Crippen LogP contribution in [0.15, 0.2) is 0 Å². The second kappa shape index (κ2) is 2.35. The molecule has 1 heterocycles. The van der Waals surface area contributed by atoms with Crippen molar-refractivity contribution < 1.29 is 9.53 Å². The van der Waals surface area contributed by atoms with Gasteiger partial charge in [0.25, 0.3) is 0 Å². The fourth-order valence-electron chi connectivity index (χ4n) is 1.02. The van der Waals surface area contributed by atoms with Gasteiger partial charge in [-0.05, 0) is 14.0 Å². The van der Waals surface area contributed by atoms with Gasteiger partial charge in [-0.25, -0.2) is 0 Å². The largest absolute Gasteiger partial charge is 0.461 e. The molecule has 52 valence electrons. The highest BCUT2D eigenvalue weighted by atomic mass is 16.5. The lowest BCUT2D eigenvalue weighted by atomic mass is 10.2. The van der Waals surface area contributed by atoms with Gasteiger partial charge in [-0.1, -0.05) is 0 Å². The predicted molar refractivity (Wildman–Crippen MR) is 33.0 cm³/mol. The van der Waals surface area contributed by atoms with E-state index >= 15 is 0 Å². The Hall–Kier alpha value is -0.570. The van der Waals surface area contributed by atoms with Crippen molar-refractivity contribution in [2.75, 3.05) is 7.05 Å². The first-order chi connectivity index (χ1) is 4.24. The topological polar surface area (TPSA) is 38.3 Å². The van der Waals surface area contributed by atoms with E-state index in [9.17, 15) is 4.79 Å². The Labute approximate surface area is 54.4 Å². The van der Waals surface area contributed by atoms with Crippen LogP contribution in [0.1, 0.15) is 13.3 Å². The van der Waals surface area contributed by atoms with E-state index in [1.54, 1.807) is 0 Å². The van der Waals surface area contributed by atoms with E-state index in [4.69, 9.17) is 4.74 Å². The molecule has 1 N–H and O–H groups in total. The molecule has 0 aromatic carbocycles. The first kappa shape index (κ1) is 6.55. The first-order valence-corrected chi connectivity index (χ1v) is 3.11. The number of likely N-dealkylation sites (N-methyl/N-ethyl adjacent to an activating group) is 1. The van der Waals surface area contributed by atoms with Crippen molar-refractivity contribution in [3.05, 3.63) is 0 Å². The van der Waals surface area contributed by atoms with Gasteiger partial charge in [0.2, 0.25) is 0 Å². The summed E-state index contributed by atoms with van der Waals surface area (Å²) in [5, 5.41) is 3.00. The molecule has 0 aromatic heterocycles. The Morgan fingerprint density at radius 1 is 1.78 bits per heavy atom. The summed E-state index contributed by atoms with van der Waals surface area (Å²) >= 11 is 0. The highest BCUT2D eigenvalue weighted by molar-refractivity contribution is 5.72. The van der Waals surface area contributed by atoms with E-state index in [2.05, 4.69) is 5.32 Å².